The maximum atomic E-state index is 2.47. The zero-order valence-corrected chi connectivity index (χ0v) is 31.5. The van der Waals surface area contributed by atoms with Crippen molar-refractivity contribution in [2.75, 3.05) is 4.90 Å². The van der Waals surface area contributed by atoms with Crippen LogP contribution in [-0.4, -0.2) is 0 Å². The van der Waals surface area contributed by atoms with Gasteiger partial charge < -0.3 is 4.90 Å². The first-order valence-corrected chi connectivity index (χ1v) is 19.9. The lowest BCUT2D eigenvalue weighted by atomic mass is 9.90. The summed E-state index contributed by atoms with van der Waals surface area (Å²) in [6.45, 7) is 0. The molecular weight excluding hydrogens is 695 g/mol. The van der Waals surface area contributed by atoms with E-state index >= 15 is 0 Å². The number of fused-ring (bicyclic) bond motifs is 3. The van der Waals surface area contributed by atoms with Crippen LogP contribution in [0.5, 0.6) is 0 Å². The first-order chi connectivity index (χ1) is 27.8. The van der Waals surface area contributed by atoms with Gasteiger partial charge >= 0.3 is 0 Å². The molecule has 10 rings (SSSR count). The van der Waals surface area contributed by atoms with Crippen molar-refractivity contribution in [1.29, 1.82) is 0 Å². The van der Waals surface area contributed by atoms with Gasteiger partial charge in [0.25, 0.3) is 0 Å². The minimum atomic E-state index is 1.11. The maximum Gasteiger partial charge on any atom is 0.0555 e. The molecule has 9 aromatic carbocycles. The van der Waals surface area contributed by atoms with Crippen LogP contribution in [0.4, 0.5) is 17.1 Å². The Morgan fingerprint density at radius 2 is 0.768 bits per heavy atom. The molecule has 1 heterocycles. The van der Waals surface area contributed by atoms with E-state index in [4.69, 9.17) is 0 Å². The number of thiophene rings is 1. The van der Waals surface area contributed by atoms with Gasteiger partial charge in [0.15, 0.2) is 0 Å². The van der Waals surface area contributed by atoms with Crippen molar-refractivity contribution in [1.82, 2.24) is 0 Å². The molecule has 0 N–H and O–H groups in total. The van der Waals surface area contributed by atoms with Gasteiger partial charge in [0, 0.05) is 31.4 Å². The van der Waals surface area contributed by atoms with Gasteiger partial charge in [-0.3, -0.25) is 0 Å². The Kier molecular flexibility index (Phi) is 8.79. The lowest BCUT2D eigenvalue weighted by Crippen LogP contribution is -2.11. The summed E-state index contributed by atoms with van der Waals surface area (Å²) in [4.78, 5) is 2.47. The van der Waals surface area contributed by atoms with E-state index in [0.29, 0.717) is 0 Å². The van der Waals surface area contributed by atoms with Crippen LogP contribution in [0.1, 0.15) is 0 Å². The Morgan fingerprint density at radius 3 is 1.43 bits per heavy atom. The largest absolute Gasteiger partial charge is 0.309 e. The second-order valence-electron chi connectivity index (χ2n) is 14.1. The Balaban J connectivity index is 1.19. The Hall–Kier alpha value is -7.00. The molecule has 2 heteroatoms. The van der Waals surface area contributed by atoms with Crippen molar-refractivity contribution < 1.29 is 0 Å². The molecule has 0 radical (unpaired) electrons. The van der Waals surface area contributed by atoms with E-state index in [9.17, 15) is 0 Å². The van der Waals surface area contributed by atoms with Crippen molar-refractivity contribution in [2.24, 2.45) is 0 Å². The highest BCUT2D eigenvalue weighted by Gasteiger charge is 2.22. The summed E-state index contributed by atoms with van der Waals surface area (Å²) in [5, 5.41) is 2.55. The van der Waals surface area contributed by atoms with E-state index in [2.05, 4.69) is 229 Å². The summed E-state index contributed by atoms with van der Waals surface area (Å²) in [5.74, 6) is 0. The Labute approximate surface area is 332 Å². The van der Waals surface area contributed by atoms with E-state index < -0.39 is 0 Å². The number of nitrogens with zero attached hydrogens (tertiary/aromatic N) is 1. The highest BCUT2D eigenvalue weighted by Crippen LogP contribution is 2.48. The predicted molar refractivity (Wildman–Crippen MR) is 241 cm³/mol. The number of hydrogen-bond donors (Lipinski definition) is 0. The summed E-state index contributed by atoms with van der Waals surface area (Å²) >= 11 is 1.86. The second kappa shape index (κ2) is 14.7. The number of anilines is 3. The van der Waals surface area contributed by atoms with Crippen LogP contribution >= 0.6 is 11.3 Å². The lowest BCUT2D eigenvalue weighted by Gasteiger charge is -2.29. The quantitative estimate of drug-likeness (QED) is 0.150. The summed E-state index contributed by atoms with van der Waals surface area (Å²) in [5.41, 5.74) is 15.3. The van der Waals surface area contributed by atoms with Crippen LogP contribution in [0.3, 0.4) is 0 Å². The Morgan fingerprint density at radius 1 is 0.286 bits per heavy atom. The van der Waals surface area contributed by atoms with Gasteiger partial charge in [-0.05, 0) is 98.6 Å². The fourth-order valence-electron chi connectivity index (χ4n) is 7.99. The smallest absolute Gasteiger partial charge is 0.0555 e. The summed E-state index contributed by atoms with van der Waals surface area (Å²) in [6, 6.07) is 81.4. The van der Waals surface area contributed by atoms with E-state index in [1.54, 1.807) is 0 Å². The summed E-state index contributed by atoms with van der Waals surface area (Å²) in [7, 11) is 0. The highest BCUT2D eigenvalue weighted by atomic mass is 32.1. The molecule has 1 nitrogen and oxygen atoms in total. The van der Waals surface area contributed by atoms with Crippen LogP contribution in [0.15, 0.2) is 224 Å². The normalized spacial score (nSPS) is 11.2. The monoisotopic (exact) mass is 731 g/mol. The summed E-state index contributed by atoms with van der Waals surface area (Å²) < 4.78 is 2.57. The van der Waals surface area contributed by atoms with Crippen molar-refractivity contribution in [3.05, 3.63) is 224 Å². The zero-order valence-electron chi connectivity index (χ0n) is 30.7. The molecule has 10 aromatic rings. The van der Waals surface area contributed by atoms with E-state index in [-0.39, 0.29) is 0 Å². The van der Waals surface area contributed by atoms with Crippen molar-refractivity contribution in [3.8, 4) is 55.6 Å². The number of benzene rings is 9. The molecule has 264 valence electrons. The minimum absolute atomic E-state index is 1.11. The number of rotatable bonds is 8. The molecule has 0 saturated carbocycles. The summed E-state index contributed by atoms with van der Waals surface area (Å²) in [6.07, 6.45) is 0. The molecule has 56 heavy (non-hydrogen) atoms. The van der Waals surface area contributed by atoms with Gasteiger partial charge in [0.2, 0.25) is 0 Å². The van der Waals surface area contributed by atoms with Crippen molar-refractivity contribution in [3.63, 3.8) is 0 Å². The molecule has 0 saturated heterocycles. The zero-order chi connectivity index (χ0) is 37.3. The van der Waals surface area contributed by atoms with Gasteiger partial charge in [-0.2, -0.15) is 0 Å². The van der Waals surface area contributed by atoms with Gasteiger partial charge in [-0.1, -0.05) is 176 Å². The third-order valence-electron chi connectivity index (χ3n) is 10.7. The van der Waals surface area contributed by atoms with Crippen molar-refractivity contribution >= 4 is 48.6 Å². The van der Waals surface area contributed by atoms with Crippen LogP contribution in [-0.2, 0) is 0 Å². The SMILES string of the molecule is c1ccc(-c2ccc(N(c3ccc(-c4ccc(-c5ccccc5)c(-c5ccccc5)c4)cc3-c3ccccc3)c3cccc4sc5ccccc5c34)cc2)cc1. The molecule has 0 atom stereocenters. The van der Waals surface area contributed by atoms with Gasteiger partial charge in [-0.25, -0.2) is 0 Å². The van der Waals surface area contributed by atoms with E-state index in [1.165, 1.54) is 75.8 Å². The molecule has 0 bridgehead atoms. The minimum Gasteiger partial charge on any atom is -0.309 e. The standard InChI is InChI=1S/C54H37NS/c1-5-16-38(17-6-1)39-28-32-45(33-29-39)55(51-25-15-27-53-54(51)47-24-13-14-26-52(47)56-53)50-35-31-44(37-49(50)42-22-11-4-12-23-42)43-30-34-46(40-18-7-2-8-19-40)48(36-43)41-20-9-3-10-21-41/h1-37H. The lowest BCUT2D eigenvalue weighted by molar-refractivity contribution is 1.30. The fourth-order valence-corrected chi connectivity index (χ4v) is 9.12. The third kappa shape index (κ3) is 6.26. The Bertz CT molecular complexity index is 2930. The molecule has 0 spiro atoms. The fraction of sp³-hybridized carbons (Fsp3) is 0. The molecule has 0 fully saturated rings. The van der Waals surface area contributed by atoms with Gasteiger partial charge in [0.05, 0.1) is 11.4 Å². The first kappa shape index (κ1) is 33.6. The average molecular weight is 732 g/mol. The maximum absolute atomic E-state index is 2.47. The third-order valence-corrected chi connectivity index (χ3v) is 11.8. The van der Waals surface area contributed by atoms with Gasteiger partial charge in [0.1, 0.15) is 0 Å². The van der Waals surface area contributed by atoms with E-state index in [0.717, 1.165) is 17.1 Å². The van der Waals surface area contributed by atoms with Crippen LogP contribution < -0.4 is 4.90 Å². The molecule has 0 aliphatic carbocycles. The van der Waals surface area contributed by atoms with Crippen LogP contribution in [0.25, 0.3) is 75.8 Å². The van der Waals surface area contributed by atoms with Crippen LogP contribution in [0, 0.1) is 0 Å². The molecular formula is C54H37NS. The van der Waals surface area contributed by atoms with E-state index in [1.807, 2.05) is 11.3 Å². The predicted octanol–water partition coefficient (Wildman–Crippen LogP) is 15.9. The second-order valence-corrected chi connectivity index (χ2v) is 15.2. The molecule has 0 aliphatic heterocycles. The molecule has 0 unspecified atom stereocenters. The van der Waals surface area contributed by atoms with Crippen molar-refractivity contribution in [2.45, 2.75) is 0 Å². The average Bonchev–Trinajstić information content (AvgIpc) is 3.67. The number of hydrogen-bond acceptors (Lipinski definition) is 2. The first-order valence-electron chi connectivity index (χ1n) is 19.1. The molecule has 0 amide bonds. The van der Waals surface area contributed by atoms with Gasteiger partial charge in [-0.15, -0.1) is 11.3 Å². The van der Waals surface area contributed by atoms with Crippen LogP contribution in [0.2, 0.25) is 0 Å². The molecule has 1 aromatic heterocycles. The molecule has 0 aliphatic rings. The highest BCUT2D eigenvalue weighted by molar-refractivity contribution is 7.26. The topological polar surface area (TPSA) is 3.24 Å².